The van der Waals surface area contributed by atoms with Crippen molar-refractivity contribution in [2.75, 3.05) is 0 Å². The Kier molecular flexibility index (Phi) is 5.65. The maximum atomic E-state index is 14.2. The quantitative estimate of drug-likeness (QED) is 0.519. The van der Waals surface area contributed by atoms with Crippen molar-refractivity contribution in [1.29, 1.82) is 0 Å². The number of aliphatic hydroxyl groups excluding tert-OH is 1. The number of hydrogen-bond donors (Lipinski definition) is 3. The van der Waals surface area contributed by atoms with Gasteiger partial charge >= 0.3 is 5.97 Å². The molecule has 3 N–H and O–H groups in total. The third-order valence-corrected chi connectivity index (χ3v) is 5.77. The summed E-state index contributed by atoms with van der Waals surface area (Å²) in [6, 6.07) is 16.5. The molecule has 31 heavy (non-hydrogen) atoms. The molecule has 0 saturated carbocycles. The van der Waals surface area contributed by atoms with E-state index in [1.807, 2.05) is 18.2 Å². The highest BCUT2D eigenvalue weighted by molar-refractivity contribution is 5.70. The van der Waals surface area contributed by atoms with E-state index in [1.54, 1.807) is 24.3 Å². The fraction of sp³-hybridized carbons (Fsp3) is 0.240. The highest BCUT2D eigenvalue weighted by atomic mass is 19.1. The largest absolute Gasteiger partial charge is 0.508 e. The molecule has 6 heteroatoms. The summed E-state index contributed by atoms with van der Waals surface area (Å²) in [7, 11) is 0. The number of halogens is 1. The molecule has 160 valence electrons. The SMILES string of the molecule is C[C@H](C(=O)O)[C@@H](O)c1cccc(O[C@@H]2CCc3cc(-c4cc(O)ccc4F)ccc32)c1. The number of phenols is 1. The van der Waals surface area contributed by atoms with Gasteiger partial charge in [-0.25, -0.2) is 4.39 Å². The Balaban J connectivity index is 1.55. The molecule has 0 saturated heterocycles. The van der Waals surface area contributed by atoms with Crippen LogP contribution in [0.1, 0.15) is 42.2 Å². The first-order valence-electron chi connectivity index (χ1n) is 10.1. The first-order valence-corrected chi connectivity index (χ1v) is 10.1. The Morgan fingerprint density at radius 3 is 2.71 bits per heavy atom. The van der Waals surface area contributed by atoms with E-state index in [-0.39, 0.29) is 11.9 Å². The Morgan fingerprint density at radius 1 is 1.13 bits per heavy atom. The van der Waals surface area contributed by atoms with Gasteiger partial charge in [-0.2, -0.15) is 0 Å². The highest BCUT2D eigenvalue weighted by Crippen LogP contribution is 2.38. The number of hydrogen-bond acceptors (Lipinski definition) is 4. The summed E-state index contributed by atoms with van der Waals surface area (Å²) >= 11 is 0. The van der Waals surface area contributed by atoms with Crippen molar-refractivity contribution < 1.29 is 29.2 Å². The number of carboxylic acid groups (broad SMARTS) is 1. The molecule has 0 aliphatic heterocycles. The average Bonchev–Trinajstić information content (AvgIpc) is 3.16. The van der Waals surface area contributed by atoms with E-state index in [1.165, 1.54) is 25.1 Å². The second-order valence-corrected chi connectivity index (χ2v) is 7.87. The van der Waals surface area contributed by atoms with Crippen LogP contribution in [0.15, 0.2) is 60.7 Å². The normalized spacial score (nSPS) is 17.1. The molecule has 0 aromatic heterocycles. The number of carbonyl (C=O) groups is 1. The number of phenolic OH excluding ortho intramolecular Hbond substituents is 1. The molecule has 3 aromatic rings. The third-order valence-electron chi connectivity index (χ3n) is 5.77. The van der Waals surface area contributed by atoms with Gasteiger partial charge < -0.3 is 20.1 Å². The Hall–Kier alpha value is -3.38. The molecule has 0 amide bonds. The van der Waals surface area contributed by atoms with E-state index in [4.69, 9.17) is 9.84 Å². The van der Waals surface area contributed by atoms with E-state index in [0.717, 1.165) is 24.0 Å². The van der Waals surface area contributed by atoms with Crippen molar-refractivity contribution >= 4 is 5.97 Å². The van der Waals surface area contributed by atoms with Crippen LogP contribution in [-0.2, 0) is 11.2 Å². The van der Waals surface area contributed by atoms with Crippen molar-refractivity contribution in [3.05, 3.63) is 83.2 Å². The van der Waals surface area contributed by atoms with Crippen LogP contribution < -0.4 is 4.74 Å². The highest BCUT2D eigenvalue weighted by Gasteiger charge is 2.26. The number of rotatable bonds is 6. The molecule has 0 spiro atoms. The van der Waals surface area contributed by atoms with Crippen LogP contribution in [0.4, 0.5) is 4.39 Å². The molecule has 1 aliphatic rings. The minimum atomic E-state index is -1.13. The van der Waals surface area contributed by atoms with Gasteiger partial charge in [0, 0.05) is 5.56 Å². The lowest BCUT2D eigenvalue weighted by molar-refractivity contribution is -0.145. The lowest BCUT2D eigenvalue weighted by Gasteiger charge is -2.19. The fourth-order valence-corrected chi connectivity index (χ4v) is 3.96. The molecule has 0 fully saturated rings. The predicted octanol–water partition coefficient (Wildman–Crippen LogP) is 5.02. The summed E-state index contributed by atoms with van der Waals surface area (Å²) in [4.78, 5) is 11.2. The van der Waals surface area contributed by atoms with Gasteiger partial charge in [0.25, 0.3) is 0 Å². The van der Waals surface area contributed by atoms with Gasteiger partial charge in [0.15, 0.2) is 0 Å². The third kappa shape index (κ3) is 4.25. The number of aliphatic carboxylic acids is 1. The van der Waals surface area contributed by atoms with Crippen molar-refractivity contribution in [1.82, 2.24) is 0 Å². The van der Waals surface area contributed by atoms with Gasteiger partial charge in [0.2, 0.25) is 0 Å². The van der Waals surface area contributed by atoms with Gasteiger partial charge in [0.1, 0.15) is 23.4 Å². The van der Waals surface area contributed by atoms with Gasteiger partial charge in [-0.3, -0.25) is 4.79 Å². The molecular formula is C25H23FO5. The zero-order valence-corrected chi connectivity index (χ0v) is 17.0. The van der Waals surface area contributed by atoms with Crippen molar-refractivity contribution in [2.24, 2.45) is 5.92 Å². The van der Waals surface area contributed by atoms with Crippen LogP contribution >= 0.6 is 0 Å². The minimum Gasteiger partial charge on any atom is -0.508 e. The predicted molar refractivity (Wildman–Crippen MR) is 113 cm³/mol. The lowest BCUT2D eigenvalue weighted by Crippen LogP contribution is -2.18. The molecule has 3 aromatic carbocycles. The Morgan fingerprint density at radius 2 is 1.94 bits per heavy atom. The van der Waals surface area contributed by atoms with Crippen LogP contribution in [0.3, 0.4) is 0 Å². The topological polar surface area (TPSA) is 87.0 Å². The molecule has 3 atom stereocenters. The molecule has 5 nitrogen and oxygen atoms in total. The molecular weight excluding hydrogens is 399 g/mol. The summed E-state index contributed by atoms with van der Waals surface area (Å²) in [5.41, 5.74) is 3.59. The van der Waals surface area contributed by atoms with E-state index < -0.39 is 23.8 Å². The number of aromatic hydroxyl groups is 1. The van der Waals surface area contributed by atoms with E-state index in [9.17, 15) is 19.4 Å². The van der Waals surface area contributed by atoms with Crippen LogP contribution in [0, 0.1) is 11.7 Å². The first-order chi connectivity index (χ1) is 14.8. The zero-order chi connectivity index (χ0) is 22.1. The summed E-state index contributed by atoms with van der Waals surface area (Å²) in [6.45, 7) is 1.46. The van der Waals surface area contributed by atoms with Gasteiger partial charge in [-0.15, -0.1) is 0 Å². The van der Waals surface area contributed by atoms with Crippen molar-refractivity contribution in [3.8, 4) is 22.6 Å². The van der Waals surface area contributed by atoms with Crippen LogP contribution in [0.2, 0.25) is 0 Å². The van der Waals surface area contributed by atoms with Crippen LogP contribution in [0.25, 0.3) is 11.1 Å². The average molecular weight is 422 g/mol. The maximum absolute atomic E-state index is 14.2. The molecule has 0 heterocycles. The molecule has 0 unspecified atom stereocenters. The number of aryl methyl sites for hydroxylation is 1. The second-order valence-electron chi connectivity index (χ2n) is 7.87. The van der Waals surface area contributed by atoms with Gasteiger partial charge in [0.05, 0.1) is 12.0 Å². The number of fused-ring (bicyclic) bond motifs is 1. The van der Waals surface area contributed by atoms with Crippen molar-refractivity contribution in [3.63, 3.8) is 0 Å². The Labute approximate surface area is 179 Å². The molecule has 1 aliphatic carbocycles. The summed E-state index contributed by atoms with van der Waals surface area (Å²) in [6.07, 6.45) is 0.200. The monoisotopic (exact) mass is 422 g/mol. The molecule has 0 bridgehead atoms. The molecule has 4 rings (SSSR count). The minimum absolute atomic E-state index is 0.0115. The van der Waals surface area contributed by atoms with Crippen LogP contribution in [0.5, 0.6) is 11.5 Å². The second kappa shape index (κ2) is 8.40. The molecule has 0 radical (unpaired) electrons. The fourth-order valence-electron chi connectivity index (χ4n) is 3.96. The van der Waals surface area contributed by atoms with Crippen molar-refractivity contribution in [2.45, 2.75) is 32.0 Å². The number of ether oxygens (including phenoxy) is 1. The zero-order valence-electron chi connectivity index (χ0n) is 17.0. The summed E-state index contributed by atoms with van der Waals surface area (Å²) in [5.74, 6) is -1.83. The Bertz CT molecular complexity index is 1130. The first kappa shape index (κ1) is 20.9. The maximum Gasteiger partial charge on any atom is 0.309 e. The van der Waals surface area contributed by atoms with Crippen LogP contribution in [-0.4, -0.2) is 21.3 Å². The smallest absolute Gasteiger partial charge is 0.309 e. The van der Waals surface area contributed by atoms with Gasteiger partial charge in [-0.1, -0.05) is 30.3 Å². The standard InChI is InChI=1S/C25H23FO5/c1-14(25(29)30)24(28)17-3-2-4-19(12-17)31-23-10-6-15-11-16(5-8-20(15)23)21-13-18(27)7-9-22(21)26/h2-5,7-9,11-14,23-24,27-28H,6,10H2,1H3,(H,29,30)/t14-,23+,24+/m0/s1. The lowest BCUT2D eigenvalue weighted by atomic mass is 9.97. The number of aliphatic hydroxyl groups is 1. The van der Waals surface area contributed by atoms with Gasteiger partial charge in [-0.05, 0) is 72.4 Å². The van der Waals surface area contributed by atoms with E-state index >= 15 is 0 Å². The van der Waals surface area contributed by atoms with E-state index in [2.05, 4.69) is 0 Å². The number of benzene rings is 3. The summed E-state index contributed by atoms with van der Waals surface area (Å²) < 4.78 is 20.3. The summed E-state index contributed by atoms with van der Waals surface area (Å²) in [5, 5.41) is 29.1. The van der Waals surface area contributed by atoms with E-state index in [0.29, 0.717) is 22.4 Å². The number of carboxylic acids is 1.